The van der Waals surface area contributed by atoms with Crippen LogP contribution in [0.15, 0.2) is 53.4 Å². The minimum atomic E-state index is -3.76. The Kier molecular flexibility index (Phi) is 6.10. The lowest BCUT2D eigenvalue weighted by Gasteiger charge is -2.22. The van der Waals surface area contributed by atoms with Gasteiger partial charge in [-0.15, -0.1) is 0 Å². The highest BCUT2D eigenvalue weighted by molar-refractivity contribution is 7.90. The zero-order valence-electron chi connectivity index (χ0n) is 15.3. The Bertz CT molecular complexity index is 998. The number of sulfonamides is 2. The number of hydrogen-bond donors (Lipinski definition) is 2. The molecule has 0 heterocycles. The van der Waals surface area contributed by atoms with E-state index in [0.717, 1.165) is 11.1 Å². The first kappa shape index (κ1) is 21.5. The van der Waals surface area contributed by atoms with Crippen LogP contribution in [0.3, 0.4) is 0 Å². The number of primary sulfonamides is 1. The van der Waals surface area contributed by atoms with Gasteiger partial charge in [0.2, 0.25) is 20.0 Å². The summed E-state index contributed by atoms with van der Waals surface area (Å²) in [5.74, 6) is 0. The van der Waals surface area contributed by atoms with Crippen molar-refractivity contribution in [3.05, 3.63) is 54.1 Å². The number of hydrogen-bond acceptors (Lipinski definition) is 4. The minimum Gasteiger partial charge on any atom is -0.238 e. The van der Waals surface area contributed by atoms with E-state index in [1.807, 2.05) is 0 Å². The summed E-state index contributed by atoms with van der Waals surface area (Å²) < 4.78 is 63.4. The van der Waals surface area contributed by atoms with E-state index in [4.69, 9.17) is 5.14 Å². The Labute approximate surface area is 159 Å². The van der Waals surface area contributed by atoms with E-state index in [-0.39, 0.29) is 11.4 Å². The fourth-order valence-corrected chi connectivity index (χ4v) is 3.67. The van der Waals surface area contributed by atoms with Gasteiger partial charge in [0.1, 0.15) is 5.67 Å². The summed E-state index contributed by atoms with van der Waals surface area (Å²) in [6.45, 7) is 3.99. The summed E-state index contributed by atoms with van der Waals surface area (Å²) >= 11 is 0. The number of nitrogens with one attached hydrogen (secondary N) is 1. The molecule has 0 amide bonds. The molecule has 1 atom stereocenters. The topological polar surface area (TPSA) is 106 Å². The van der Waals surface area contributed by atoms with Crippen LogP contribution in [-0.4, -0.2) is 28.6 Å². The fourth-order valence-electron chi connectivity index (χ4n) is 2.35. The van der Waals surface area contributed by atoms with Gasteiger partial charge in [-0.3, -0.25) is 0 Å². The van der Waals surface area contributed by atoms with Crippen LogP contribution in [-0.2, 0) is 25.7 Å². The molecule has 2 rings (SSSR count). The van der Waals surface area contributed by atoms with Gasteiger partial charge in [0, 0.05) is 6.54 Å². The highest BCUT2D eigenvalue weighted by atomic mass is 32.2. The maximum atomic E-state index is 14.9. The molecule has 0 spiro atoms. The van der Waals surface area contributed by atoms with Gasteiger partial charge < -0.3 is 0 Å². The molecule has 0 aliphatic heterocycles. The van der Waals surface area contributed by atoms with Gasteiger partial charge in [-0.1, -0.05) is 36.4 Å². The number of nitrogens with two attached hydrogens (primary N) is 1. The lowest BCUT2D eigenvalue weighted by atomic mass is 9.95. The van der Waals surface area contributed by atoms with Gasteiger partial charge in [0.05, 0.1) is 10.1 Å². The zero-order chi connectivity index (χ0) is 20.5. The van der Waals surface area contributed by atoms with Gasteiger partial charge >= 0.3 is 0 Å². The average molecular weight is 415 g/mol. The summed E-state index contributed by atoms with van der Waals surface area (Å²) in [5.41, 5.74) is -0.0370. The largest absolute Gasteiger partial charge is 0.238 e. The molecule has 0 radical (unpaired) electrons. The second-order valence-electron chi connectivity index (χ2n) is 6.76. The molecule has 27 heavy (non-hydrogen) atoms. The number of alkyl halides is 1. The third kappa shape index (κ3) is 5.35. The molecule has 0 bridgehead atoms. The summed E-state index contributed by atoms with van der Waals surface area (Å²) in [4.78, 5) is 0.0108. The van der Waals surface area contributed by atoms with Crippen molar-refractivity contribution in [2.24, 2.45) is 5.14 Å². The first-order chi connectivity index (χ1) is 12.3. The molecule has 148 valence electrons. The predicted molar refractivity (Wildman–Crippen MR) is 104 cm³/mol. The first-order valence-electron chi connectivity index (χ1n) is 8.24. The summed E-state index contributed by atoms with van der Waals surface area (Å²) in [7, 11) is -7.31. The van der Waals surface area contributed by atoms with Crippen molar-refractivity contribution in [2.75, 3.05) is 6.54 Å². The Morgan fingerprint density at radius 3 is 1.81 bits per heavy atom. The molecule has 0 aliphatic rings. The number of halogens is 1. The molecule has 0 aliphatic carbocycles. The molecular weight excluding hydrogens is 391 g/mol. The fraction of sp³-hybridized carbons (Fsp3) is 0.333. The van der Waals surface area contributed by atoms with Crippen LogP contribution in [0.2, 0.25) is 0 Å². The van der Waals surface area contributed by atoms with Crippen molar-refractivity contribution in [2.45, 2.75) is 36.6 Å². The average Bonchev–Trinajstić information content (AvgIpc) is 2.59. The predicted octanol–water partition coefficient (Wildman–Crippen LogP) is 2.51. The van der Waals surface area contributed by atoms with E-state index in [9.17, 15) is 21.2 Å². The van der Waals surface area contributed by atoms with E-state index >= 15 is 0 Å². The minimum absolute atomic E-state index is 0.0108. The van der Waals surface area contributed by atoms with Crippen molar-refractivity contribution in [1.29, 1.82) is 0 Å². The van der Waals surface area contributed by atoms with E-state index < -0.39 is 31.0 Å². The third-order valence-electron chi connectivity index (χ3n) is 4.23. The SMILES string of the molecule is CC(C)S(=O)(=O)NC[C@@](C)(F)c1ccc(-c2ccc(S(N)(=O)=O)cc2)cc1. The second kappa shape index (κ2) is 7.67. The van der Waals surface area contributed by atoms with Gasteiger partial charge in [-0.05, 0) is 49.6 Å². The van der Waals surface area contributed by atoms with Crippen molar-refractivity contribution in [1.82, 2.24) is 4.72 Å². The van der Waals surface area contributed by atoms with Crippen LogP contribution < -0.4 is 9.86 Å². The molecule has 0 aromatic heterocycles. The smallest absolute Gasteiger partial charge is 0.238 e. The summed E-state index contributed by atoms with van der Waals surface area (Å²) in [6, 6.07) is 12.6. The van der Waals surface area contributed by atoms with Gasteiger partial charge in [-0.2, -0.15) is 0 Å². The second-order valence-corrected chi connectivity index (χ2v) is 10.6. The molecule has 0 saturated carbocycles. The van der Waals surface area contributed by atoms with Gasteiger partial charge in [0.25, 0.3) is 0 Å². The monoisotopic (exact) mass is 414 g/mol. The molecule has 9 heteroatoms. The molecular formula is C18H23FN2O4S2. The number of benzene rings is 2. The summed E-state index contributed by atoms with van der Waals surface area (Å²) in [6.07, 6.45) is 0. The highest BCUT2D eigenvalue weighted by Crippen LogP contribution is 2.28. The van der Waals surface area contributed by atoms with Crippen molar-refractivity contribution < 1.29 is 21.2 Å². The number of rotatable bonds is 7. The Hall–Kier alpha value is -1.81. The van der Waals surface area contributed by atoms with Gasteiger partial charge in [-0.25, -0.2) is 31.1 Å². The standard InChI is InChI=1S/C18H23FN2O4S2/c1-13(2)27(24,25)21-12-18(3,19)16-8-4-14(5-9-16)15-6-10-17(11-7-15)26(20,22)23/h4-11,13,21H,12H2,1-3H3,(H2,20,22,23)/t18-/m1/s1. The normalized spacial score (nSPS) is 14.9. The molecule has 6 nitrogen and oxygen atoms in total. The van der Waals surface area contributed by atoms with Crippen LogP contribution >= 0.6 is 0 Å². The Morgan fingerprint density at radius 2 is 1.41 bits per heavy atom. The summed E-state index contributed by atoms with van der Waals surface area (Å²) in [5, 5.41) is 4.43. The Balaban J connectivity index is 2.18. The van der Waals surface area contributed by atoms with Gasteiger partial charge in [0.15, 0.2) is 0 Å². The Morgan fingerprint density at radius 1 is 0.963 bits per heavy atom. The van der Waals surface area contributed by atoms with E-state index in [2.05, 4.69) is 4.72 Å². The van der Waals surface area contributed by atoms with E-state index in [0.29, 0.717) is 5.56 Å². The van der Waals surface area contributed by atoms with Crippen LogP contribution in [0, 0.1) is 0 Å². The zero-order valence-corrected chi connectivity index (χ0v) is 16.9. The molecule has 0 saturated heterocycles. The quantitative estimate of drug-likeness (QED) is 0.726. The van der Waals surface area contributed by atoms with Crippen LogP contribution in [0.4, 0.5) is 4.39 Å². The van der Waals surface area contributed by atoms with Crippen molar-refractivity contribution in [3.63, 3.8) is 0 Å². The molecule has 2 aromatic carbocycles. The molecule has 2 aromatic rings. The molecule has 3 N–H and O–H groups in total. The van der Waals surface area contributed by atoms with E-state index in [1.54, 1.807) is 36.4 Å². The van der Waals surface area contributed by atoms with Crippen LogP contribution in [0.1, 0.15) is 26.3 Å². The van der Waals surface area contributed by atoms with E-state index in [1.165, 1.54) is 32.9 Å². The van der Waals surface area contributed by atoms with Crippen molar-refractivity contribution >= 4 is 20.0 Å². The van der Waals surface area contributed by atoms with Crippen LogP contribution in [0.25, 0.3) is 11.1 Å². The third-order valence-corrected chi connectivity index (χ3v) is 6.95. The lowest BCUT2D eigenvalue weighted by molar-refractivity contribution is 0.196. The first-order valence-corrected chi connectivity index (χ1v) is 11.3. The van der Waals surface area contributed by atoms with Crippen LogP contribution in [0.5, 0.6) is 0 Å². The molecule has 0 unspecified atom stereocenters. The maximum Gasteiger partial charge on any atom is 0.238 e. The van der Waals surface area contributed by atoms with Crippen molar-refractivity contribution in [3.8, 4) is 11.1 Å². The molecule has 0 fully saturated rings. The lowest BCUT2D eigenvalue weighted by Crippen LogP contribution is -2.39. The maximum absolute atomic E-state index is 14.9. The highest BCUT2D eigenvalue weighted by Gasteiger charge is 2.29.